The van der Waals surface area contributed by atoms with Crippen molar-refractivity contribution in [1.29, 1.82) is 0 Å². The monoisotopic (exact) mass is 581 g/mol. The van der Waals surface area contributed by atoms with Gasteiger partial charge in [0.15, 0.2) is 0 Å². The fourth-order valence-corrected chi connectivity index (χ4v) is 6.36. The summed E-state index contributed by atoms with van der Waals surface area (Å²) in [5.74, 6) is -1.03. The highest BCUT2D eigenvalue weighted by Gasteiger charge is 2.33. The molecule has 0 aliphatic heterocycles. The molecule has 0 heterocycles. The number of aliphatic hydroxyl groups is 2. The van der Waals surface area contributed by atoms with Gasteiger partial charge in [-0.3, -0.25) is 9.63 Å². The SMILES string of the molecule is Nc1ccc([C@@H](O)CNCCON(C(=O)c2ccc(-c3ccccc3)cc2C2CCCC2)S(=O)(=O)CCCO)cc1. The molecule has 4 rings (SSSR count). The van der Waals surface area contributed by atoms with Crippen LogP contribution in [0.3, 0.4) is 0 Å². The number of rotatable bonds is 14. The molecule has 0 saturated heterocycles. The van der Waals surface area contributed by atoms with E-state index >= 15 is 0 Å². The van der Waals surface area contributed by atoms with Crippen LogP contribution in [0.1, 0.15) is 65.6 Å². The number of nitrogens with zero attached hydrogens (tertiary/aromatic N) is 1. The molecule has 1 saturated carbocycles. The molecule has 1 fully saturated rings. The minimum atomic E-state index is -4.17. The second kappa shape index (κ2) is 14.6. The van der Waals surface area contributed by atoms with Crippen molar-refractivity contribution in [2.24, 2.45) is 0 Å². The van der Waals surface area contributed by atoms with Crippen LogP contribution in [0.5, 0.6) is 0 Å². The molecule has 41 heavy (non-hydrogen) atoms. The summed E-state index contributed by atoms with van der Waals surface area (Å²) in [5.41, 5.74) is 10.1. The van der Waals surface area contributed by atoms with Crippen LogP contribution in [0.2, 0.25) is 0 Å². The topological polar surface area (TPSA) is 142 Å². The quantitative estimate of drug-likeness (QED) is 0.127. The number of hydroxylamine groups is 1. The molecule has 5 N–H and O–H groups in total. The Hall–Kier alpha value is -3.28. The first-order valence-electron chi connectivity index (χ1n) is 14.0. The van der Waals surface area contributed by atoms with Gasteiger partial charge < -0.3 is 21.3 Å². The van der Waals surface area contributed by atoms with Gasteiger partial charge in [-0.15, -0.1) is 4.47 Å². The number of hydrogen-bond donors (Lipinski definition) is 4. The molecule has 0 unspecified atom stereocenters. The van der Waals surface area contributed by atoms with Gasteiger partial charge in [0.1, 0.15) is 0 Å². The second-order valence-corrected chi connectivity index (χ2v) is 12.2. The van der Waals surface area contributed by atoms with Gasteiger partial charge in [-0.25, -0.2) is 8.42 Å². The van der Waals surface area contributed by atoms with Crippen LogP contribution in [-0.4, -0.2) is 61.1 Å². The molecule has 1 atom stereocenters. The van der Waals surface area contributed by atoms with E-state index in [1.165, 1.54) is 0 Å². The Labute approximate surface area is 242 Å². The normalized spacial score (nSPS) is 14.7. The largest absolute Gasteiger partial charge is 0.399 e. The number of hydrogen-bond acceptors (Lipinski definition) is 8. The van der Waals surface area contributed by atoms with Crippen LogP contribution in [0.25, 0.3) is 11.1 Å². The van der Waals surface area contributed by atoms with Gasteiger partial charge in [-0.05, 0) is 65.6 Å². The first-order valence-corrected chi connectivity index (χ1v) is 15.7. The van der Waals surface area contributed by atoms with Gasteiger partial charge in [-0.2, -0.15) is 0 Å². The van der Waals surface area contributed by atoms with E-state index in [0.717, 1.165) is 42.4 Å². The lowest BCUT2D eigenvalue weighted by Crippen LogP contribution is -2.41. The Morgan fingerprint density at radius 2 is 1.73 bits per heavy atom. The summed E-state index contributed by atoms with van der Waals surface area (Å²) in [7, 11) is -4.17. The fraction of sp³-hybridized carbons (Fsp3) is 0.387. The maximum atomic E-state index is 13.9. The standard InChI is InChI=1S/C31H39N3O6S/c32-27-14-11-25(12-15-27)30(36)22-33-17-19-40-34(41(38,39)20-6-18-35)31(37)28-16-13-26(23-7-2-1-3-8-23)21-29(28)24-9-4-5-10-24/h1-3,7-8,11-16,21,24,30,33,35-36H,4-6,9-10,17-20,22,32H2/t30-/m0/s1. The van der Waals surface area contributed by atoms with E-state index in [2.05, 4.69) is 5.32 Å². The lowest BCUT2D eigenvalue weighted by atomic mass is 9.89. The minimum Gasteiger partial charge on any atom is -0.399 e. The van der Waals surface area contributed by atoms with Gasteiger partial charge in [0, 0.05) is 30.9 Å². The van der Waals surface area contributed by atoms with E-state index in [9.17, 15) is 23.4 Å². The zero-order valence-electron chi connectivity index (χ0n) is 23.1. The summed E-state index contributed by atoms with van der Waals surface area (Å²) in [5, 5.41) is 22.7. The van der Waals surface area contributed by atoms with Crippen molar-refractivity contribution in [3.8, 4) is 11.1 Å². The fourth-order valence-electron chi connectivity index (χ4n) is 5.11. The summed E-state index contributed by atoms with van der Waals surface area (Å²) >= 11 is 0. The van der Waals surface area contributed by atoms with Gasteiger partial charge >= 0.3 is 0 Å². The molecule has 0 spiro atoms. The molecule has 1 aliphatic carbocycles. The van der Waals surface area contributed by atoms with Crippen LogP contribution in [0.4, 0.5) is 5.69 Å². The van der Waals surface area contributed by atoms with E-state index in [0.29, 0.717) is 21.3 Å². The summed E-state index contributed by atoms with van der Waals surface area (Å²) in [6.07, 6.45) is 3.14. The molecule has 10 heteroatoms. The molecule has 220 valence electrons. The third kappa shape index (κ3) is 8.15. The van der Waals surface area contributed by atoms with Crippen molar-refractivity contribution in [2.75, 3.05) is 37.8 Å². The highest BCUT2D eigenvalue weighted by Crippen LogP contribution is 2.38. The van der Waals surface area contributed by atoms with Crippen molar-refractivity contribution < 1.29 is 28.3 Å². The predicted octanol–water partition coefficient (Wildman–Crippen LogP) is 4.00. The first kappa shape index (κ1) is 30.7. The van der Waals surface area contributed by atoms with Crippen LogP contribution < -0.4 is 11.1 Å². The zero-order chi connectivity index (χ0) is 29.2. The molecular weight excluding hydrogens is 542 g/mol. The number of sulfonamides is 1. The van der Waals surface area contributed by atoms with E-state index in [1.807, 2.05) is 42.5 Å². The van der Waals surface area contributed by atoms with Crippen molar-refractivity contribution in [3.63, 3.8) is 0 Å². The molecule has 0 radical (unpaired) electrons. The summed E-state index contributed by atoms with van der Waals surface area (Å²) < 4.78 is 26.9. The Kier molecular flexibility index (Phi) is 10.9. The average Bonchev–Trinajstić information content (AvgIpc) is 3.53. The Balaban J connectivity index is 1.51. The third-order valence-corrected chi connectivity index (χ3v) is 8.89. The number of benzene rings is 3. The van der Waals surface area contributed by atoms with Gasteiger partial charge in [0.2, 0.25) is 0 Å². The lowest BCUT2D eigenvalue weighted by Gasteiger charge is -2.24. The van der Waals surface area contributed by atoms with E-state index in [-0.39, 0.29) is 38.6 Å². The molecule has 3 aromatic rings. The Morgan fingerprint density at radius 1 is 1.02 bits per heavy atom. The summed E-state index contributed by atoms with van der Waals surface area (Å²) in [6.45, 7) is -0.0661. The lowest BCUT2D eigenvalue weighted by molar-refractivity contribution is -0.0581. The van der Waals surface area contributed by atoms with E-state index in [4.69, 9.17) is 10.6 Å². The highest BCUT2D eigenvalue weighted by atomic mass is 32.2. The van der Waals surface area contributed by atoms with Crippen molar-refractivity contribution in [2.45, 2.75) is 44.1 Å². The number of anilines is 1. The molecule has 1 amide bonds. The Bertz CT molecular complexity index is 1380. The van der Waals surface area contributed by atoms with Crippen LogP contribution >= 0.6 is 0 Å². The molecule has 3 aromatic carbocycles. The summed E-state index contributed by atoms with van der Waals surface area (Å²) in [4.78, 5) is 19.5. The average molecular weight is 582 g/mol. The molecule has 1 aliphatic rings. The van der Waals surface area contributed by atoms with Crippen LogP contribution in [-0.2, 0) is 14.9 Å². The number of nitrogens with one attached hydrogen (secondary N) is 1. The van der Waals surface area contributed by atoms with Gasteiger partial charge in [-0.1, -0.05) is 67.4 Å². The van der Waals surface area contributed by atoms with Gasteiger partial charge in [0.05, 0.1) is 18.5 Å². The maximum absolute atomic E-state index is 13.9. The van der Waals surface area contributed by atoms with Gasteiger partial charge in [0.25, 0.3) is 15.9 Å². The van der Waals surface area contributed by atoms with Crippen molar-refractivity contribution in [1.82, 2.24) is 9.79 Å². The maximum Gasteiger partial charge on any atom is 0.292 e. The molecule has 0 aromatic heterocycles. The zero-order valence-corrected chi connectivity index (χ0v) is 23.9. The molecule has 0 bridgehead atoms. The van der Waals surface area contributed by atoms with Crippen LogP contribution in [0.15, 0.2) is 72.8 Å². The summed E-state index contributed by atoms with van der Waals surface area (Å²) in [6, 6.07) is 22.2. The number of nitrogens with two attached hydrogens (primary N) is 1. The van der Waals surface area contributed by atoms with Crippen molar-refractivity contribution >= 4 is 21.6 Å². The first-order chi connectivity index (χ1) is 19.8. The number of carbonyl (C=O) groups is 1. The highest BCUT2D eigenvalue weighted by molar-refractivity contribution is 7.89. The van der Waals surface area contributed by atoms with Crippen LogP contribution in [0, 0.1) is 0 Å². The number of amides is 1. The smallest absolute Gasteiger partial charge is 0.292 e. The molecular formula is C31H39N3O6S. The second-order valence-electron chi connectivity index (χ2n) is 10.3. The Morgan fingerprint density at radius 3 is 2.41 bits per heavy atom. The predicted molar refractivity (Wildman–Crippen MR) is 159 cm³/mol. The third-order valence-electron chi connectivity index (χ3n) is 7.31. The van der Waals surface area contributed by atoms with E-state index < -0.39 is 27.8 Å². The van der Waals surface area contributed by atoms with Crippen molar-refractivity contribution in [3.05, 3.63) is 89.5 Å². The minimum absolute atomic E-state index is 0.0239. The van der Waals surface area contributed by atoms with E-state index in [1.54, 1.807) is 30.3 Å². The number of aliphatic hydroxyl groups excluding tert-OH is 2. The number of nitrogen functional groups attached to an aromatic ring is 1. The number of carbonyl (C=O) groups excluding carboxylic acids is 1. The molecule has 9 nitrogen and oxygen atoms in total.